The Kier molecular flexibility index (Phi) is 5.62. The van der Waals surface area contributed by atoms with Gasteiger partial charge in [0.1, 0.15) is 11.9 Å². The zero-order valence-electron chi connectivity index (χ0n) is 16.0. The number of rotatable bonds is 8. The van der Waals surface area contributed by atoms with Gasteiger partial charge in [0.2, 0.25) is 0 Å². The van der Waals surface area contributed by atoms with Crippen LogP contribution < -0.4 is 5.32 Å². The number of aromatic nitrogens is 4. The Morgan fingerprint density at radius 3 is 3.10 bits per heavy atom. The first-order valence-corrected chi connectivity index (χ1v) is 9.33. The summed E-state index contributed by atoms with van der Waals surface area (Å²) in [4.78, 5) is 17.1. The van der Waals surface area contributed by atoms with Crippen LogP contribution in [-0.4, -0.2) is 39.4 Å². The van der Waals surface area contributed by atoms with Gasteiger partial charge in [-0.2, -0.15) is 0 Å². The van der Waals surface area contributed by atoms with Crippen LogP contribution in [0.15, 0.2) is 59.6 Å². The van der Waals surface area contributed by atoms with E-state index in [1.54, 1.807) is 32.0 Å². The second kappa shape index (κ2) is 8.66. The van der Waals surface area contributed by atoms with Crippen LogP contribution in [0.5, 0.6) is 0 Å². The Hall–Kier alpha value is -3.52. The van der Waals surface area contributed by atoms with Crippen molar-refractivity contribution in [2.75, 3.05) is 13.7 Å². The average Bonchev–Trinajstić information content (AvgIpc) is 3.41. The number of amides is 1. The zero-order valence-corrected chi connectivity index (χ0v) is 16.0. The Morgan fingerprint density at radius 2 is 2.21 bits per heavy atom. The normalized spacial score (nSPS) is 11.1. The van der Waals surface area contributed by atoms with Crippen molar-refractivity contribution in [3.63, 3.8) is 0 Å². The van der Waals surface area contributed by atoms with E-state index in [9.17, 15) is 4.79 Å². The van der Waals surface area contributed by atoms with Crippen molar-refractivity contribution >= 4 is 16.9 Å². The number of hydrogen-bond acceptors (Lipinski definition) is 6. The van der Waals surface area contributed by atoms with E-state index in [-0.39, 0.29) is 5.91 Å². The third-order valence-electron chi connectivity index (χ3n) is 4.63. The van der Waals surface area contributed by atoms with E-state index >= 15 is 0 Å². The number of methoxy groups -OCH3 is 1. The summed E-state index contributed by atoms with van der Waals surface area (Å²) >= 11 is 0. The summed E-state index contributed by atoms with van der Waals surface area (Å²) in [5, 5.41) is 11.8. The largest absolute Gasteiger partial charge is 0.464 e. The van der Waals surface area contributed by atoms with Gasteiger partial charge in [-0.25, -0.2) is 0 Å². The van der Waals surface area contributed by atoms with E-state index < -0.39 is 0 Å². The Labute approximate surface area is 167 Å². The molecule has 1 amide bonds. The highest BCUT2D eigenvalue weighted by Crippen LogP contribution is 2.27. The summed E-state index contributed by atoms with van der Waals surface area (Å²) < 4.78 is 12.4. The summed E-state index contributed by atoms with van der Waals surface area (Å²) in [6.45, 7) is 1.70. The van der Waals surface area contributed by atoms with E-state index in [0.717, 1.165) is 35.2 Å². The maximum absolute atomic E-state index is 12.7. The van der Waals surface area contributed by atoms with Crippen molar-refractivity contribution < 1.29 is 13.9 Å². The fourth-order valence-electron chi connectivity index (χ4n) is 3.18. The number of nitrogens with one attached hydrogen (secondary N) is 1. The lowest BCUT2D eigenvalue weighted by atomic mass is 10.0. The van der Waals surface area contributed by atoms with Crippen LogP contribution in [0.1, 0.15) is 22.6 Å². The van der Waals surface area contributed by atoms with Crippen LogP contribution in [0.4, 0.5) is 0 Å². The topological polar surface area (TPSA) is 95.1 Å². The van der Waals surface area contributed by atoms with Gasteiger partial charge in [0.05, 0.1) is 18.5 Å². The first kappa shape index (κ1) is 18.8. The lowest BCUT2D eigenvalue weighted by Crippen LogP contribution is -2.25. The number of furan rings is 1. The second-order valence-corrected chi connectivity index (χ2v) is 6.54. The van der Waals surface area contributed by atoms with Crippen molar-refractivity contribution in [1.29, 1.82) is 0 Å². The molecule has 8 nitrogen and oxygen atoms in total. The predicted molar refractivity (Wildman–Crippen MR) is 107 cm³/mol. The number of aryl methyl sites for hydroxylation is 1. The van der Waals surface area contributed by atoms with Gasteiger partial charge in [-0.3, -0.25) is 9.78 Å². The minimum atomic E-state index is -0.183. The van der Waals surface area contributed by atoms with Gasteiger partial charge >= 0.3 is 0 Å². The molecule has 0 bridgehead atoms. The fraction of sp³-hybridized carbons (Fsp3) is 0.238. The van der Waals surface area contributed by atoms with Crippen molar-refractivity contribution in [2.24, 2.45) is 0 Å². The standard InChI is InChI=1S/C21H21N5O3/c1-28-10-3-9-26-14-24-25-19(26)13-23-21(27)16-5-2-4-15(12-16)20-17-7-11-29-18(17)6-8-22-20/h2,4-8,11-12,14H,3,9-10,13H2,1H3,(H,23,27). The highest BCUT2D eigenvalue weighted by atomic mass is 16.5. The quantitative estimate of drug-likeness (QED) is 0.464. The maximum Gasteiger partial charge on any atom is 0.251 e. The van der Waals surface area contributed by atoms with Gasteiger partial charge < -0.3 is 19.0 Å². The lowest BCUT2D eigenvalue weighted by molar-refractivity contribution is 0.0949. The molecule has 0 aliphatic heterocycles. The Morgan fingerprint density at radius 1 is 1.28 bits per heavy atom. The van der Waals surface area contributed by atoms with Crippen LogP contribution in [0.2, 0.25) is 0 Å². The fourth-order valence-corrected chi connectivity index (χ4v) is 3.18. The molecule has 148 valence electrons. The number of fused-ring (bicyclic) bond motifs is 1. The molecule has 0 aliphatic carbocycles. The minimum Gasteiger partial charge on any atom is -0.464 e. The maximum atomic E-state index is 12.7. The zero-order chi connectivity index (χ0) is 20.1. The number of carbonyl (C=O) groups excluding carboxylic acids is 1. The van der Waals surface area contributed by atoms with E-state index in [1.165, 1.54) is 0 Å². The summed E-state index contributed by atoms with van der Waals surface area (Å²) in [5.74, 6) is 0.521. The van der Waals surface area contributed by atoms with Crippen molar-refractivity contribution in [3.05, 3.63) is 66.6 Å². The van der Waals surface area contributed by atoms with E-state index in [2.05, 4.69) is 20.5 Å². The molecule has 0 fully saturated rings. The molecule has 0 saturated carbocycles. The highest BCUT2D eigenvalue weighted by molar-refractivity contribution is 5.97. The van der Waals surface area contributed by atoms with Gasteiger partial charge in [0.15, 0.2) is 5.82 Å². The summed E-state index contributed by atoms with van der Waals surface area (Å²) in [6.07, 6.45) is 5.85. The molecule has 29 heavy (non-hydrogen) atoms. The van der Waals surface area contributed by atoms with E-state index in [0.29, 0.717) is 24.5 Å². The smallest absolute Gasteiger partial charge is 0.251 e. The molecule has 4 rings (SSSR count). The first-order valence-electron chi connectivity index (χ1n) is 9.33. The van der Waals surface area contributed by atoms with Crippen LogP contribution in [0, 0.1) is 0 Å². The predicted octanol–water partition coefficient (Wildman–Crippen LogP) is 3.05. The first-order chi connectivity index (χ1) is 14.3. The van der Waals surface area contributed by atoms with Gasteiger partial charge in [-0.15, -0.1) is 10.2 Å². The van der Waals surface area contributed by atoms with Crippen molar-refractivity contribution in [3.8, 4) is 11.3 Å². The molecule has 8 heteroatoms. The minimum absolute atomic E-state index is 0.183. The van der Waals surface area contributed by atoms with Crippen LogP contribution in [0.3, 0.4) is 0 Å². The molecule has 0 spiro atoms. The van der Waals surface area contributed by atoms with Gasteiger partial charge in [0, 0.05) is 43.0 Å². The average molecular weight is 391 g/mol. The van der Waals surface area contributed by atoms with E-state index in [4.69, 9.17) is 9.15 Å². The number of pyridine rings is 1. The molecule has 3 heterocycles. The SMILES string of the molecule is COCCCn1cnnc1CNC(=O)c1cccc(-c2nccc3occc23)c1. The van der Waals surface area contributed by atoms with Crippen LogP contribution in [-0.2, 0) is 17.8 Å². The lowest BCUT2D eigenvalue weighted by Gasteiger charge is -2.09. The summed E-state index contributed by atoms with van der Waals surface area (Å²) in [6, 6.07) is 11.1. The molecule has 1 aromatic carbocycles. The number of carbonyl (C=O) groups is 1. The molecule has 4 aromatic rings. The van der Waals surface area contributed by atoms with Crippen LogP contribution in [0.25, 0.3) is 22.2 Å². The molecule has 0 atom stereocenters. The number of hydrogen-bond donors (Lipinski definition) is 1. The third kappa shape index (κ3) is 4.17. The van der Waals surface area contributed by atoms with E-state index in [1.807, 2.05) is 34.9 Å². The van der Waals surface area contributed by atoms with Gasteiger partial charge in [0.25, 0.3) is 5.91 Å². The molecular weight excluding hydrogens is 370 g/mol. The van der Waals surface area contributed by atoms with Gasteiger partial charge in [-0.05, 0) is 30.7 Å². The molecule has 0 unspecified atom stereocenters. The summed E-state index contributed by atoms with van der Waals surface area (Å²) in [7, 11) is 1.67. The Balaban J connectivity index is 1.47. The highest BCUT2D eigenvalue weighted by Gasteiger charge is 2.12. The molecular formula is C21H21N5O3. The monoisotopic (exact) mass is 391 g/mol. The summed E-state index contributed by atoms with van der Waals surface area (Å²) in [5.41, 5.74) is 2.95. The van der Waals surface area contributed by atoms with Crippen molar-refractivity contribution in [1.82, 2.24) is 25.1 Å². The Bertz CT molecular complexity index is 1120. The molecule has 0 aliphatic rings. The second-order valence-electron chi connectivity index (χ2n) is 6.54. The number of ether oxygens (including phenoxy) is 1. The number of benzene rings is 1. The molecule has 0 saturated heterocycles. The van der Waals surface area contributed by atoms with Crippen LogP contribution >= 0.6 is 0 Å². The molecule has 1 N–H and O–H groups in total. The number of nitrogens with zero attached hydrogens (tertiary/aromatic N) is 4. The molecule has 0 radical (unpaired) electrons. The molecule has 3 aromatic heterocycles. The third-order valence-corrected chi connectivity index (χ3v) is 4.63. The van der Waals surface area contributed by atoms with Crippen molar-refractivity contribution in [2.45, 2.75) is 19.5 Å². The van der Waals surface area contributed by atoms with Gasteiger partial charge in [-0.1, -0.05) is 12.1 Å².